The second kappa shape index (κ2) is 2.35. The van der Waals surface area contributed by atoms with E-state index in [0.717, 1.165) is 24.5 Å². The van der Waals surface area contributed by atoms with Crippen LogP contribution in [0.1, 0.15) is 6.42 Å². The monoisotopic (exact) mass is 148 g/mol. The van der Waals surface area contributed by atoms with E-state index in [4.69, 9.17) is 5.26 Å². The van der Waals surface area contributed by atoms with Crippen LogP contribution >= 0.6 is 0 Å². The van der Waals surface area contributed by atoms with Crippen molar-refractivity contribution in [3.63, 3.8) is 0 Å². The first-order valence-corrected chi connectivity index (χ1v) is 4.09. The Labute approximate surface area is 67.1 Å². The summed E-state index contributed by atoms with van der Waals surface area (Å²) in [7, 11) is 2.15. The van der Waals surface area contributed by atoms with Gasteiger partial charge in [0.2, 0.25) is 0 Å². The molecule has 1 saturated heterocycles. The maximum atomic E-state index is 8.66. The molecular weight excluding hydrogens is 136 g/mol. The second-order valence-electron chi connectivity index (χ2n) is 3.65. The molecule has 0 radical (unpaired) electrons. The van der Waals surface area contributed by atoms with Crippen LogP contribution in [0, 0.1) is 23.2 Å². The van der Waals surface area contributed by atoms with E-state index in [1.54, 1.807) is 0 Å². The number of likely N-dealkylation sites (tertiary alicyclic amines) is 1. The van der Waals surface area contributed by atoms with Crippen molar-refractivity contribution in [1.82, 2.24) is 4.90 Å². The van der Waals surface area contributed by atoms with E-state index in [0.29, 0.717) is 5.92 Å². The quantitative estimate of drug-likeness (QED) is 0.513. The minimum atomic E-state index is 0.676. The summed E-state index contributed by atoms with van der Waals surface area (Å²) < 4.78 is 0. The predicted octanol–water partition coefficient (Wildman–Crippen LogP) is 1.02. The van der Waals surface area contributed by atoms with Gasteiger partial charge in [-0.05, 0) is 25.3 Å². The van der Waals surface area contributed by atoms with Crippen LogP contribution in [0.15, 0.2) is 11.6 Å². The molecule has 0 amide bonds. The van der Waals surface area contributed by atoms with Gasteiger partial charge in [0.25, 0.3) is 0 Å². The molecule has 2 unspecified atom stereocenters. The number of hydrogen-bond donors (Lipinski definition) is 0. The van der Waals surface area contributed by atoms with E-state index < -0.39 is 0 Å². The second-order valence-corrected chi connectivity index (χ2v) is 3.65. The lowest BCUT2D eigenvalue weighted by molar-refractivity contribution is 0.393. The predicted molar refractivity (Wildman–Crippen MR) is 42.8 cm³/mol. The van der Waals surface area contributed by atoms with Gasteiger partial charge in [0, 0.05) is 18.7 Å². The minimum absolute atomic E-state index is 0.676. The largest absolute Gasteiger partial charge is 0.305 e. The Kier molecular flexibility index (Phi) is 1.47. The van der Waals surface area contributed by atoms with Crippen LogP contribution in [-0.4, -0.2) is 25.0 Å². The zero-order valence-electron chi connectivity index (χ0n) is 6.75. The maximum Gasteiger partial charge on any atom is 0.0943 e. The van der Waals surface area contributed by atoms with Crippen LogP contribution in [0.4, 0.5) is 0 Å². The first kappa shape index (κ1) is 6.87. The molecule has 0 spiro atoms. The number of allylic oxidation sites excluding steroid dienone is 1. The highest BCUT2D eigenvalue weighted by Crippen LogP contribution is 2.35. The Balaban J connectivity index is 2.11. The molecule has 0 aromatic heterocycles. The fourth-order valence-electron chi connectivity index (χ4n) is 2.22. The third kappa shape index (κ3) is 1.06. The Morgan fingerprint density at radius 3 is 3.09 bits per heavy atom. The lowest BCUT2D eigenvalue weighted by Gasteiger charge is -2.06. The molecule has 2 heteroatoms. The van der Waals surface area contributed by atoms with Crippen molar-refractivity contribution in [2.75, 3.05) is 20.1 Å². The highest BCUT2D eigenvalue weighted by atomic mass is 15.1. The molecule has 2 aliphatic rings. The summed E-state index contributed by atoms with van der Waals surface area (Å²) in [6, 6.07) is 2.25. The number of nitrogens with zero attached hydrogens (tertiary/aromatic N) is 2. The molecule has 0 saturated carbocycles. The molecule has 0 aromatic rings. The van der Waals surface area contributed by atoms with Crippen LogP contribution in [0.3, 0.4) is 0 Å². The number of nitriles is 1. The van der Waals surface area contributed by atoms with Gasteiger partial charge in [-0.1, -0.05) is 6.08 Å². The minimum Gasteiger partial charge on any atom is -0.305 e. The fraction of sp³-hybridized carbons (Fsp3) is 0.667. The van der Waals surface area contributed by atoms with Crippen molar-refractivity contribution in [3.8, 4) is 6.07 Å². The molecule has 1 aliphatic carbocycles. The van der Waals surface area contributed by atoms with Crippen molar-refractivity contribution >= 4 is 0 Å². The first-order valence-electron chi connectivity index (χ1n) is 4.09. The van der Waals surface area contributed by atoms with E-state index in [-0.39, 0.29) is 0 Å². The number of hydrogen-bond acceptors (Lipinski definition) is 2. The van der Waals surface area contributed by atoms with Crippen LogP contribution < -0.4 is 0 Å². The highest BCUT2D eigenvalue weighted by Gasteiger charge is 2.34. The number of rotatable bonds is 0. The Bertz CT molecular complexity index is 236. The van der Waals surface area contributed by atoms with Gasteiger partial charge in [0.15, 0.2) is 0 Å². The van der Waals surface area contributed by atoms with Gasteiger partial charge in [-0.3, -0.25) is 0 Å². The molecule has 0 aromatic carbocycles. The van der Waals surface area contributed by atoms with Crippen molar-refractivity contribution in [2.24, 2.45) is 11.8 Å². The number of fused-ring (bicyclic) bond motifs is 1. The lowest BCUT2D eigenvalue weighted by Crippen LogP contribution is -2.14. The molecule has 1 heterocycles. The normalized spacial score (nSPS) is 36.5. The lowest BCUT2D eigenvalue weighted by atomic mass is 10.00. The van der Waals surface area contributed by atoms with Crippen molar-refractivity contribution in [1.29, 1.82) is 5.26 Å². The summed E-state index contributed by atoms with van der Waals surface area (Å²) in [5, 5.41) is 8.66. The van der Waals surface area contributed by atoms with Gasteiger partial charge in [0.1, 0.15) is 0 Å². The van der Waals surface area contributed by atoms with E-state index in [1.807, 2.05) is 0 Å². The zero-order chi connectivity index (χ0) is 7.84. The van der Waals surface area contributed by atoms with Gasteiger partial charge < -0.3 is 4.90 Å². The summed E-state index contributed by atoms with van der Waals surface area (Å²) in [4.78, 5) is 2.35. The summed E-state index contributed by atoms with van der Waals surface area (Å²) in [6.07, 6.45) is 3.18. The summed E-state index contributed by atoms with van der Waals surface area (Å²) in [6.45, 7) is 2.32. The third-order valence-electron chi connectivity index (χ3n) is 2.72. The molecule has 1 fully saturated rings. The van der Waals surface area contributed by atoms with Gasteiger partial charge in [-0.2, -0.15) is 5.26 Å². The van der Waals surface area contributed by atoms with E-state index in [9.17, 15) is 0 Å². The fourth-order valence-corrected chi connectivity index (χ4v) is 2.22. The summed E-state index contributed by atoms with van der Waals surface area (Å²) in [5.74, 6) is 1.42. The van der Waals surface area contributed by atoms with Gasteiger partial charge in [-0.15, -0.1) is 0 Å². The summed E-state index contributed by atoms with van der Waals surface area (Å²) in [5.41, 5.74) is 1.01. The van der Waals surface area contributed by atoms with Crippen LogP contribution in [0.2, 0.25) is 0 Å². The van der Waals surface area contributed by atoms with Crippen molar-refractivity contribution < 1.29 is 0 Å². The summed E-state index contributed by atoms with van der Waals surface area (Å²) >= 11 is 0. The molecule has 1 aliphatic heterocycles. The molecule has 2 rings (SSSR count). The Morgan fingerprint density at radius 1 is 1.64 bits per heavy atom. The Hall–Kier alpha value is -0.810. The zero-order valence-corrected chi connectivity index (χ0v) is 6.75. The van der Waals surface area contributed by atoms with Crippen LogP contribution in [0.5, 0.6) is 0 Å². The van der Waals surface area contributed by atoms with E-state index in [2.05, 4.69) is 24.1 Å². The van der Waals surface area contributed by atoms with Crippen LogP contribution in [-0.2, 0) is 0 Å². The van der Waals surface area contributed by atoms with Crippen molar-refractivity contribution in [3.05, 3.63) is 11.6 Å². The Morgan fingerprint density at radius 2 is 2.45 bits per heavy atom. The first-order chi connectivity index (χ1) is 5.29. The average molecular weight is 148 g/mol. The van der Waals surface area contributed by atoms with Gasteiger partial charge in [0.05, 0.1) is 6.07 Å². The molecule has 11 heavy (non-hydrogen) atoms. The third-order valence-corrected chi connectivity index (χ3v) is 2.72. The molecule has 0 bridgehead atoms. The maximum absolute atomic E-state index is 8.66. The SMILES string of the molecule is CN1CC2C=C(C#N)CC2C1. The standard InChI is InChI=1S/C9H12N2/c1-11-5-8-2-7(4-10)3-9(8)6-11/h2,8-9H,3,5-6H2,1H3. The van der Waals surface area contributed by atoms with E-state index in [1.165, 1.54) is 6.54 Å². The molecule has 0 N–H and O–H groups in total. The smallest absolute Gasteiger partial charge is 0.0943 e. The topological polar surface area (TPSA) is 27.0 Å². The average Bonchev–Trinajstić information content (AvgIpc) is 2.43. The molecule has 58 valence electrons. The van der Waals surface area contributed by atoms with Gasteiger partial charge in [-0.25, -0.2) is 0 Å². The van der Waals surface area contributed by atoms with Crippen molar-refractivity contribution in [2.45, 2.75) is 6.42 Å². The molecule has 2 nitrogen and oxygen atoms in total. The van der Waals surface area contributed by atoms with Crippen LogP contribution in [0.25, 0.3) is 0 Å². The van der Waals surface area contributed by atoms with Gasteiger partial charge >= 0.3 is 0 Å². The molecular formula is C9H12N2. The molecule has 2 atom stereocenters. The highest BCUT2D eigenvalue weighted by molar-refractivity contribution is 5.28. The van der Waals surface area contributed by atoms with E-state index >= 15 is 0 Å².